The van der Waals surface area contributed by atoms with Crippen LogP contribution < -0.4 is 10.9 Å². The van der Waals surface area contributed by atoms with Crippen LogP contribution in [0.4, 0.5) is 4.39 Å². The first-order valence-electron chi connectivity index (χ1n) is 10.1. The first-order valence-corrected chi connectivity index (χ1v) is 10.1. The number of hydrogen-bond acceptors (Lipinski definition) is 3. The standard InChI is InChI=1S/C23H24FN3O2/c1-15-5-2-3-7-20(15)26-22(28)19-13-17-6-4-12-25-21(17)27(23(19)29)14-16-8-10-18(24)11-9-16/h4,6,8-13,15,20H,2-3,5,7,14H2,1H3,(H,26,28)/t15-,20-/m0/s1. The molecule has 1 aliphatic rings. The van der Waals surface area contributed by atoms with Crippen molar-refractivity contribution in [1.82, 2.24) is 14.9 Å². The molecule has 2 atom stereocenters. The summed E-state index contributed by atoms with van der Waals surface area (Å²) in [4.78, 5) is 30.5. The number of carbonyl (C=O) groups excluding carboxylic acids is 1. The molecule has 3 aromatic rings. The quantitative estimate of drug-likeness (QED) is 0.731. The zero-order valence-corrected chi connectivity index (χ0v) is 16.4. The average molecular weight is 393 g/mol. The van der Waals surface area contributed by atoms with Crippen LogP contribution in [0.2, 0.25) is 0 Å². The zero-order chi connectivity index (χ0) is 20.4. The molecule has 0 bridgehead atoms. The van der Waals surface area contributed by atoms with E-state index < -0.39 is 0 Å². The van der Waals surface area contributed by atoms with Crippen LogP contribution in [0.25, 0.3) is 11.0 Å². The summed E-state index contributed by atoms with van der Waals surface area (Å²) in [5.74, 6) is -0.276. The molecule has 4 rings (SSSR count). The summed E-state index contributed by atoms with van der Waals surface area (Å²) >= 11 is 0. The van der Waals surface area contributed by atoms with Crippen LogP contribution >= 0.6 is 0 Å². The molecule has 150 valence electrons. The van der Waals surface area contributed by atoms with Crippen molar-refractivity contribution in [1.29, 1.82) is 0 Å². The number of hydrogen-bond donors (Lipinski definition) is 1. The highest BCUT2D eigenvalue weighted by atomic mass is 19.1. The minimum atomic E-state index is -0.388. The molecule has 1 fully saturated rings. The van der Waals surface area contributed by atoms with Gasteiger partial charge in [0.15, 0.2) is 0 Å². The van der Waals surface area contributed by atoms with Gasteiger partial charge in [-0.15, -0.1) is 0 Å². The Morgan fingerprint density at radius 3 is 2.72 bits per heavy atom. The predicted octanol–water partition coefficient (Wildman–Crippen LogP) is 3.89. The number of halogens is 1. The second-order valence-electron chi connectivity index (χ2n) is 7.83. The van der Waals surface area contributed by atoms with E-state index in [0.717, 1.165) is 30.2 Å². The van der Waals surface area contributed by atoms with E-state index in [1.807, 2.05) is 6.07 Å². The van der Waals surface area contributed by atoms with Crippen molar-refractivity contribution in [2.24, 2.45) is 5.92 Å². The minimum Gasteiger partial charge on any atom is -0.349 e. The molecule has 2 aromatic heterocycles. The van der Waals surface area contributed by atoms with E-state index in [2.05, 4.69) is 17.2 Å². The Hall–Kier alpha value is -3.02. The van der Waals surface area contributed by atoms with Crippen LogP contribution in [0.1, 0.15) is 48.5 Å². The third kappa shape index (κ3) is 4.06. The van der Waals surface area contributed by atoms with Crippen molar-refractivity contribution in [3.05, 3.63) is 76.0 Å². The summed E-state index contributed by atoms with van der Waals surface area (Å²) in [5.41, 5.74) is 0.996. The monoisotopic (exact) mass is 393 g/mol. The van der Waals surface area contributed by atoms with Gasteiger partial charge in [0.2, 0.25) is 0 Å². The summed E-state index contributed by atoms with van der Waals surface area (Å²) in [6, 6.07) is 11.3. The second-order valence-corrected chi connectivity index (χ2v) is 7.83. The fourth-order valence-corrected chi connectivity index (χ4v) is 4.06. The maximum absolute atomic E-state index is 13.2. The Labute approximate surface area is 168 Å². The van der Waals surface area contributed by atoms with E-state index in [1.54, 1.807) is 30.5 Å². The lowest BCUT2D eigenvalue weighted by atomic mass is 9.86. The summed E-state index contributed by atoms with van der Waals surface area (Å²) in [6.07, 6.45) is 5.91. The van der Waals surface area contributed by atoms with Gasteiger partial charge in [-0.05, 0) is 54.7 Å². The third-order valence-electron chi connectivity index (χ3n) is 5.77. The van der Waals surface area contributed by atoms with Gasteiger partial charge in [0.05, 0.1) is 6.54 Å². The first-order chi connectivity index (χ1) is 14.0. The normalized spacial score (nSPS) is 19.2. The Morgan fingerprint density at radius 2 is 1.97 bits per heavy atom. The Kier molecular flexibility index (Phi) is 5.43. The van der Waals surface area contributed by atoms with Gasteiger partial charge in [-0.25, -0.2) is 9.37 Å². The van der Waals surface area contributed by atoms with Crippen LogP contribution in [0, 0.1) is 11.7 Å². The Morgan fingerprint density at radius 1 is 1.21 bits per heavy atom. The number of nitrogens with zero attached hydrogens (tertiary/aromatic N) is 2. The molecule has 0 aliphatic heterocycles. The first kappa shape index (κ1) is 19.3. The highest BCUT2D eigenvalue weighted by molar-refractivity contribution is 5.97. The number of amides is 1. The second kappa shape index (κ2) is 8.15. The maximum Gasteiger partial charge on any atom is 0.265 e. The van der Waals surface area contributed by atoms with Gasteiger partial charge in [-0.3, -0.25) is 14.2 Å². The van der Waals surface area contributed by atoms with Gasteiger partial charge in [0.1, 0.15) is 17.0 Å². The number of pyridine rings is 2. The van der Waals surface area contributed by atoms with Crippen molar-refractivity contribution in [2.75, 3.05) is 0 Å². The topological polar surface area (TPSA) is 64.0 Å². The summed E-state index contributed by atoms with van der Waals surface area (Å²) in [5, 5.41) is 3.79. The van der Waals surface area contributed by atoms with Crippen molar-refractivity contribution < 1.29 is 9.18 Å². The molecular weight excluding hydrogens is 369 g/mol. The van der Waals surface area contributed by atoms with Gasteiger partial charge in [0, 0.05) is 17.6 Å². The van der Waals surface area contributed by atoms with Crippen molar-refractivity contribution in [3.63, 3.8) is 0 Å². The lowest BCUT2D eigenvalue weighted by molar-refractivity contribution is 0.0908. The SMILES string of the molecule is C[C@H]1CCCC[C@@H]1NC(=O)c1cc2cccnc2n(Cc2ccc(F)cc2)c1=O. The van der Waals surface area contributed by atoms with E-state index in [1.165, 1.54) is 23.1 Å². The van der Waals surface area contributed by atoms with Gasteiger partial charge in [-0.2, -0.15) is 0 Å². The number of benzene rings is 1. The van der Waals surface area contributed by atoms with Crippen LogP contribution in [0.5, 0.6) is 0 Å². The molecule has 29 heavy (non-hydrogen) atoms. The Balaban J connectivity index is 1.72. The number of rotatable bonds is 4. The molecule has 0 saturated heterocycles. The lowest BCUT2D eigenvalue weighted by Crippen LogP contribution is -2.43. The molecule has 1 saturated carbocycles. The van der Waals surface area contributed by atoms with Gasteiger partial charge in [0.25, 0.3) is 11.5 Å². The molecule has 1 aliphatic carbocycles. The highest BCUT2D eigenvalue weighted by Crippen LogP contribution is 2.24. The van der Waals surface area contributed by atoms with Crippen LogP contribution in [0.3, 0.4) is 0 Å². The lowest BCUT2D eigenvalue weighted by Gasteiger charge is -2.29. The molecule has 1 N–H and O–H groups in total. The van der Waals surface area contributed by atoms with E-state index in [0.29, 0.717) is 11.6 Å². The zero-order valence-electron chi connectivity index (χ0n) is 16.4. The van der Waals surface area contributed by atoms with Gasteiger partial charge < -0.3 is 5.32 Å². The molecule has 1 aromatic carbocycles. The highest BCUT2D eigenvalue weighted by Gasteiger charge is 2.25. The van der Waals surface area contributed by atoms with E-state index >= 15 is 0 Å². The molecule has 0 radical (unpaired) electrons. The van der Waals surface area contributed by atoms with E-state index in [-0.39, 0.29) is 35.4 Å². The predicted molar refractivity (Wildman–Crippen MR) is 110 cm³/mol. The number of fused-ring (bicyclic) bond motifs is 1. The number of aromatic nitrogens is 2. The largest absolute Gasteiger partial charge is 0.349 e. The fraction of sp³-hybridized carbons (Fsp3) is 0.348. The van der Waals surface area contributed by atoms with Crippen LogP contribution in [0.15, 0.2) is 53.5 Å². The summed E-state index contributed by atoms with van der Waals surface area (Å²) in [6.45, 7) is 2.36. The van der Waals surface area contributed by atoms with Crippen molar-refractivity contribution >= 4 is 16.9 Å². The fourth-order valence-electron chi connectivity index (χ4n) is 4.06. The van der Waals surface area contributed by atoms with Crippen molar-refractivity contribution in [3.8, 4) is 0 Å². The Bertz CT molecular complexity index is 1090. The number of carbonyl (C=O) groups is 1. The smallest absolute Gasteiger partial charge is 0.265 e. The van der Waals surface area contributed by atoms with Crippen molar-refractivity contribution in [2.45, 2.75) is 45.2 Å². The minimum absolute atomic E-state index is 0.0887. The summed E-state index contributed by atoms with van der Waals surface area (Å²) < 4.78 is 14.7. The summed E-state index contributed by atoms with van der Waals surface area (Å²) in [7, 11) is 0. The average Bonchev–Trinajstić information content (AvgIpc) is 2.73. The molecule has 2 heterocycles. The molecule has 5 nitrogen and oxygen atoms in total. The van der Waals surface area contributed by atoms with E-state index in [9.17, 15) is 14.0 Å². The molecular formula is C23H24FN3O2. The van der Waals surface area contributed by atoms with Gasteiger partial charge in [-0.1, -0.05) is 31.9 Å². The van der Waals surface area contributed by atoms with Crippen LogP contribution in [-0.4, -0.2) is 21.5 Å². The molecule has 0 spiro atoms. The van der Waals surface area contributed by atoms with E-state index in [4.69, 9.17) is 0 Å². The third-order valence-corrected chi connectivity index (χ3v) is 5.77. The maximum atomic E-state index is 13.2. The molecule has 6 heteroatoms. The van der Waals surface area contributed by atoms with Crippen LogP contribution in [-0.2, 0) is 6.54 Å². The molecule has 0 unspecified atom stereocenters. The number of nitrogens with one attached hydrogen (secondary N) is 1. The molecule has 1 amide bonds. The van der Waals surface area contributed by atoms with Gasteiger partial charge >= 0.3 is 0 Å².